The second-order valence-electron chi connectivity index (χ2n) is 12.6. The predicted octanol–water partition coefficient (Wildman–Crippen LogP) is 12.5. The monoisotopic (exact) mass is 589 g/mol. The maximum atomic E-state index is 2.42. The number of nitrogens with zero attached hydrogens (tertiary/aromatic N) is 1. The van der Waals surface area contributed by atoms with Crippen LogP contribution in [-0.4, -0.2) is 0 Å². The maximum absolute atomic E-state index is 2.42. The van der Waals surface area contributed by atoms with E-state index < -0.39 is 0 Å². The van der Waals surface area contributed by atoms with Gasteiger partial charge in [0.15, 0.2) is 0 Å². The summed E-state index contributed by atoms with van der Waals surface area (Å²) in [6.07, 6.45) is 0. The van der Waals surface area contributed by atoms with Gasteiger partial charge in [0, 0.05) is 22.5 Å². The van der Waals surface area contributed by atoms with Crippen molar-refractivity contribution in [2.75, 3.05) is 4.90 Å². The zero-order chi connectivity index (χ0) is 31.1. The largest absolute Gasteiger partial charge is 0.310 e. The molecule has 220 valence electrons. The standard InChI is InChI=1S/C45H35N/c1-45(2)43-21-13-12-20-41(43)42-27-26-39(31-44(42)45)46(38-24-22-35(23-25-38)32-14-6-3-7-15-32)40-29-36(33-16-8-4-9-17-33)28-37(30-40)34-18-10-5-11-19-34/h3-31H,1-2H3. The fraction of sp³-hybridized carbons (Fsp3) is 0.0667. The van der Waals surface area contributed by atoms with E-state index in [0.29, 0.717) is 0 Å². The van der Waals surface area contributed by atoms with Crippen LogP contribution in [0.3, 0.4) is 0 Å². The molecule has 0 amide bonds. The minimum Gasteiger partial charge on any atom is -0.310 e. The third kappa shape index (κ3) is 4.91. The SMILES string of the molecule is CC1(C)c2ccccc2-c2ccc(N(c3ccc(-c4ccccc4)cc3)c3cc(-c4ccccc4)cc(-c4ccccc4)c3)cc21. The lowest BCUT2D eigenvalue weighted by Gasteiger charge is -2.29. The molecule has 0 spiro atoms. The van der Waals surface area contributed by atoms with Crippen LogP contribution < -0.4 is 4.90 Å². The molecule has 7 aromatic rings. The Kier molecular flexibility index (Phi) is 6.88. The van der Waals surface area contributed by atoms with Crippen molar-refractivity contribution in [1.82, 2.24) is 0 Å². The van der Waals surface area contributed by atoms with Crippen LogP contribution in [0, 0.1) is 0 Å². The molecule has 0 heterocycles. The quantitative estimate of drug-likeness (QED) is 0.186. The van der Waals surface area contributed by atoms with E-state index in [1.807, 2.05) is 0 Å². The van der Waals surface area contributed by atoms with Crippen LogP contribution in [0.25, 0.3) is 44.5 Å². The minimum absolute atomic E-state index is 0.0914. The van der Waals surface area contributed by atoms with Gasteiger partial charge in [0.1, 0.15) is 0 Å². The number of hydrogen-bond donors (Lipinski definition) is 0. The van der Waals surface area contributed by atoms with E-state index >= 15 is 0 Å². The molecule has 0 aliphatic heterocycles. The summed E-state index contributed by atoms with van der Waals surface area (Å²) in [5, 5.41) is 0. The van der Waals surface area contributed by atoms with Crippen molar-refractivity contribution < 1.29 is 0 Å². The highest BCUT2D eigenvalue weighted by atomic mass is 15.1. The van der Waals surface area contributed by atoms with Gasteiger partial charge in [-0.05, 0) is 98.1 Å². The molecule has 1 heteroatoms. The molecule has 0 saturated heterocycles. The number of benzene rings is 7. The van der Waals surface area contributed by atoms with Gasteiger partial charge < -0.3 is 4.90 Å². The van der Waals surface area contributed by atoms with Gasteiger partial charge >= 0.3 is 0 Å². The number of fused-ring (bicyclic) bond motifs is 3. The van der Waals surface area contributed by atoms with E-state index in [-0.39, 0.29) is 5.41 Å². The Morgan fingerprint density at radius 2 is 0.783 bits per heavy atom. The first kappa shape index (κ1) is 27.9. The second kappa shape index (κ2) is 11.4. The molecule has 1 aliphatic rings. The van der Waals surface area contributed by atoms with E-state index in [4.69, 9.17) is 0 Å². The van der Waals surface area contributed by atoms with Crippen LogP contribution in [0.5, 0.6) is 0 Å². The summed E-state index contributed by atoms with van der Waals surface area (Å²) in [6, 6.07) is 63.9. The molecular weight excluding hydrogens is 555 g/mol. The van der Waals surface area contributed by atoms with Crippen LogP contribution in [-0.2, 0) is 5.41 Å². The van der Waals surface area contributed by atoms with E-state index in [1.54, 1.807) is 0 Å². The van der Waals surface area contributed by atoms with E-state index in [1.165, 1.54) is 55.6 Å². The lowest BCUT2D eigenvalue weighted by atomic mass is 9.82. The van der Waals surface area contributed by atoms with Crippen molar-refractivity contribution in [2.45, 2.75) is 19.3 Å². The van der Waals surface area contributed by atoms with Crippen LogP contribution in [0.2, 0.25) is 0 Å². The summed E-state index contributed by atoms with van der Waals surface area (Å²) in [7, 11) is 0. The van der Waals surface area contributed by atoms with Crippen molar-refractivity contribution >= 4 is 17.1 Å². The smallest absolute Gasteiger partial charge is 0.0473 e. The van der Waals surface area contributed by atoms with E-state index in [9.17, 15) is 0 Å². The zero-order valence-electron chi connectivity index (χ0n) is 26.2. The average molecular weight is 590 g/mol. The maximum Gasteiger partial charge on any atom is 0.0473 e. The molecule has 0 saturated carbocycles. The summed E-state index contributed by atoms with van der Waals surface area (Å²) in [6.45, 7) is 4.70. The van der Waals surface area contributed by atoms with Crippen molar-refractivity contribution in [2.24, 2.45) is 0 Å². The van der Waals surface area contributed by atoms with Gasteiger partial charge in [-0.2, -0.15) is 0 Å². The molecule has 0 fully saturated rings. The molecule has 1 aliphatic carbocycles. The Hall–Kier alpha value is -5.66. The summed E-state index contributed by atoms with van der Waals surface area (Å²) in [5.74, 6) is 0. The Bertz CT molecular complexity index is 2090. The van der Waals surface area contributed by atoms with Gasteiger partial charge in [0.25, 0.3) is 0 Å². The minimum atomic E-state index is -0.0914. The molecule has 46 heavy (non-hydrogen) atoms. The Morgan fingerprint density at radius 3 is 1.37 bits per heavy atom. The Morgan fingerprint density at radius 1 is 0.326 bits per heavy atom. The first-order chi connectivity index (χ1) is 22.6. The normalized spacial score (nSPS) is 12.7. The molecule has 1 nitrogen and oxygen atoms in total. The molecule has 0 bridgehead atoms. The fourth-order valence-electron chi connectivity index (χ4n) is 7.05. The lowest BCUT2D eigenvalue weighted by molar-refractivity contribution is 0.660. The first-order valence-electron chi connectivity index (χ1n) is 16.0. The van der Waals surface area contributed by atoms with Gasteiger partial charge in [-0.15, -0.1) is 0 Å². The molecule has 0 atom stereocenters. The molecule has 0 aromatic heterocycles. The Balaban J connectivity index is 1.34. The van der Waals surface area contributed by atoms with E-state index in [2.05, 4.69) is 195 Å². The van der Waals surface area contributed by atoms with Crippen molar-refractivity contribution in [1.29, 1.82) is 0 Å². The van der Waals surface area contributed by atoms with Crippen LogP contribution >= 0.6 is 0 Å². The average Bonchev–Trinajstić information content (AvgIpc) is 3.35. The van der Waals surface area contributed by atoms with Crippen LogP contribution in [0.4, 0.5) is 17.1 Å². The summed E-state index contributed by atoms with van der Waals surface area (Å²) in [5.41, 5.74) is 15.9. The zero-order valence-corrected chi connectivity index (χ0v) is 26.2. The molecule has 7 aromatic carbocycles. The van der Waals surface area contributed by atoms with E-state index in [0.717, 1.165) is 17.1 Å². The van der Waals surface area contributed by atoms with Crippen molar-refractivity contribution in [3.8, 4) is 44.5 Å². The third-order valence-corrected chi connectivity index (χ3v) is 9.45. The van der Waals surface area contributed by atoms with Crippen molar-refractivity contribution in [3.05, 3.63) is 187 Å². The molecular formula is C45H35N. The van der Waals surface area contributed by atoms with Gasteiger partial charge in [-0.1, -0.05) is 147 Å². The topological polar surface area (TPSA) is 3.24 Å². The second-order valence-corrected chi connectivity index (χ2v) is 12.6. The highest BCUT2D eigenvalue weighted by Gasteiger charge is 2.35. The highest BCUT2D eigenvalue weighted by Crippen LogP contribution is 2.51. The predicted molar refractivity (Wildman–Crippen MR) is 195 cm³/mol. The van der Waals surface area contributed by atoms with Gasteiger partial charge in [-0.25, -0.2) is 0 Å². The molecule has 0 N–H and O–H groups in total. The molecule has 8 rings (SSSR count). The number of anilines is 3. The van der Waals surface area contributed by atoms with Gasteiger partial charge in [0.05, 0.1) is 0 Å². The fourth-order valence-corrected chi connectivity index (χ4v) is 7.05. The van der Waals surface area contributed by atoms with Gasteiger partial charge in [-0.3, -0.25) is 0 Å². The third-order valence-electron chi connectivity index (χ3n) is 9.45. The lowest BCUT2D eigenvalue weighted by Crippen LogP contribution is -2.16. The highest BCUT2D eigenvalue weighted by molar-refractivity contribution is 5.88. The van der Waals surface area contributed by atoms with Crippen molar-refractivity contribution in [3.63, 3.8) is 0 Å². The van der Waals surface area contributed by atoms with Gasteiger partial charge in [0.2, 0.25) is 0 Å². The first-order valence-corrected chi connectivity index (χ1v) is 16.0. The number of rotatable bonds is 6. The number of hydrogen-bond acceptors (Lipinski definition) is 1. The summed E-state index contributed by atoms with van der Waals surface area (Å²) in [4.78, 5) is 2.42. The van der Waals surface area contributed by atoms with Crippen LogP contribution in [0.1, 0.15) is 25.0 Å². The van der Waals surface area contributed by atoms with Crippen LogP contribution in [0.15, 0.2) is 176 Å². The molecule has 0 radical (unpaired) electrons. The Labute approximate surface area is 272 Å². The molecule has 0 unspecified atom stereocenters. The summed E-state index contributed by atoms with van der Waals surface area (Å²) < 4.78 is 0. The summed E-state index contributed by atoms with van der Waals surface area (Å²) >= 11 is 0.